The van der Waals surface area contributed by atoms with Crippen molar-refractivity contribution in [1.82, 2.24) is 4.98 Å². The number of carboxylic acids is 1. The number of hydrogen-bond acceptors (Lipinski definition) is 4. The van der Waals surface area contributed by atoms with Crippen molar-refractivity contribution < 1.29 is 27.8 Å². The van der Waals surface area contributed by atoms with Gasteiger partial charge in [-0.15, -0.1) is 0 Å². The first-order valence-electron chi connectivity index (χ1n) is 11.3. The summed E-state index contributed by atoms with van der Waals surface area (Å²) in [6, 6.07) is 14.6. The van der Waals surface area contributed by atoms with Crippen LogP contribution < -0.4 is 9.64 Å². The highest BCUT2D eigenvalue weighted by Gasteiger charge is 2.30. The van der Waals surface area contributed by atoms with E-state index in [1.165, 1.54) is 12.1 Å². The van der Waals surface area contributed by atoms with Crippen molar-refractivity contribution in [3.8, 4) is 17.0 Å². The second-order valence-electron chi connectivity index (χ2n) is 8.53. The maximum atomic E-state index is 12.8. The largest absolute Gasteiger partial charge is 0.482 e. The van der Waals surface area contributed by atoms with Gasteiger partial charge in [-0.2, -0.15) is 13.2 Å². The Balaban J connectivity index is 1.51. The number of carboxylic acid groups (broad SMARTS) is 1. The third-order valence-corrected chi connectivity index (χ3v) is 5.84. The molecule has 35 heavy (non-hydrogen) atoms. The molecule has 0 saturated heterocycles. The van der Waals surface area contributed by atoms with Crippen molar-refractivity contribution >= 4 is 11.7 Å². The highest BCUT2D eigenvalue weighted by Crippen LogP contribution is 2.31. The maximum Gasteiger partial charge on any atom is 0.416 e. The van der Waals surface area contributed by atoms with Gasteiger partial charge in [-0.3, -0.25) is 4.98 Å². The number of nitrogens with zero attached hydrogens (tertiary/aromatic N) is 2. The first kappa shape index (κ1) is 26.1. The van der Waals surface area contributed by atoms with E-state index in [4.69, 9.17) is 9.84 Å². The maximum absolute atomic E-state index is 12.8. The molecule has 0 aliphatic rings. The quantitative estimate of drug-likeness (QED) is 0.341. The Hall–Kier alpha value is -3.55. The lowest BCUT2D eigenvalue weighted by atomic mass is 10.0. The standard InChI is InChI=1S/C27H29F3N2O3/c1-18-16-23(12-14-25(18)35-17-26(33)34)32(3)15-5-4-6-20-9-13-24(31-19(20)2)21-7-10-22(11-8-21)27(28,29)30/h7-14,16H,4-6,15,17H2,1-3H3,(H,33,34). The van der Waals surface area contributed by atoms with Gasteiger partial charge in [0.25, 0.3) is 0 Å². The SMILES string of the molecule is Cc1cc(N(C)CCCCc2ccc(-c3ccc(C(F)(F)F)cc3)nc2C)ccc1OCC(=O)O. The van der Waals surface area contributed by atoms with E-state index in [2.05, 4.69) is 9.88 Å². The van der Waals surface area contributed by atoms with Crippen molar-refractivity contribution in [3.05, 3.63) is 77.0 Å². The van der Waals surface area contributed by atoms with E-state index in [1.807, 2.05) is 45.2 Å². The summed E-state index contributed by atoms with van der Waals surface area (Å²) >= 11 is 0. The van der Waals surface area contributed by atoms with Crippen molar-refractivity contribution in [2.45, 2.75) is 39.3 Å². The van der Waals surface area contributed by atoms with Crippen LogP contribution in [0, 0.1) is 13.8 Å². The molecule has 0 unspecified atom stereocenters. The van der Waals surface area contributed by atoms with E-state index in [-0.39, 0.29) is 6.61 Å². The van der Waals surface area contributed by atoms with Gasteiger partial charge >= 0.3 is 12.1 Å². The molecule has 0 saturated carbocycles. The zero-order chi connectivity index (χ0) is 25.6. The van der Waals surface area contributed by atoms with Crippen molar-refractivity contribution in [1.29, 1.82) is 0 Å². The van der Waals surface area contributed by atoms with E-state index in [1.54, 1.807) is 6.07 Å². The average molecular weight is 487 g/mol. The van der Waals surface area contributed by atoms with Crippen LogP contribution in [-0.4, -0.2) is 36.3 Å². The molecule has 2 aromatic carbocycles. The Labute approximate surface area is 203 Å². The lowest BCUT2D eigenvalue weighted by Crippen LogP contribution is -2.19. The summed E-state index contributed by atoms with van der Waals surface area (Å²) in [6.45, 7) is 4.30. The number of ether oxygens (including phenoxy) is 1. The predicted molar refractivity (Wildman–Crippen MR) is 130 cm³/mol. The third-order valence-electron chi connectivity index (χ3n) is 5.84. The average Bonchev–Trinajstić information content (AvgIpc) is 2.81. The normalized spacial score (nSPS) is 11.4. The molecule has 3 rings (SSSR count). The van der Waals surface area contributed by atoms with Crippen LogP contribution in [0.15, 0.2) is 54.6 Å². The summed E-state index contributed by atoms with van der Waals surface area (Å²) in [5.74, 6) is -0.447. The smallest absolute Gasteiger partial charge is 0.416 e. The summed E-state index contributed by atoms with van der Waals surface area (Å²) in [4.78, 5) is 17.4. The molecular formula is C27H29F3N2O3. The highest BCUT2D eigenvalue weighted by atomic mass is 19.4. The predicted octanol–water partition coefficient (Wildman–Crippen LogP) is 6.31. The van der Waals surface area contributed by atoms with E-state index in [9.17, 15) is 18.0 Å². The molecule has 0 spiro atoms. The second kappa shape index (κ2) is 11.3. The zero-order valence-corrected chi connectivity index (χ0v) is 20.0. The molecule has 1 heterocycles. The third kappa shape index (κ3) is 7.21. The number of unbranched alkanes of at least 4 members (excludes halogenated alkanes) is 1. The van der Waals surface area contributed by atoms with Gasteiger partial charge in [0.15, 0.2) is 6.61 Å². The van der Waals surface area contributed by atoms with Crippen LogP contribution in [0.5, 0.6) is 5.75 Å². The molecule has 8 heteroatoms. The number of aliphatic carboxylic acids is 1. The molecule has 0 bridgehead atoms. The number of aryl methyl sites for hydroxylation is 3. The molecule has 0 atom stereocenters. The number of aromatic nitrogens is 1. The van der Waals surface area contributed by atoms with E-state index in [0.717, 1.165) is 60.4 Å². The van der Waals surface area contributed by atoms with Crippen LogP contribution in [0.2, 0.25) is 0 Å². The van der Waals surface area contributed by atoms with Gasteiger partial charge in [0.1, 0.15) is 5.75 Å². The summed E-state index contributed by atoms with van der Waals surface area (Å²) < 4.78 is 43.6. The van der Waals surface area contributed by atoms with Gasteiger partial charge in [0.2, 0.25) is 0 Å². The molecule has 5 nitrogen and oxygen atoms in total. The number of alkyl halides is 3. The molecule has 186 valence electrons. The molecule has 0 fully saturated rings. The monoisotopic (exact) mass is 486 g/mol. The second-order valence-corrected chi connectivity index (χ2v) is 8.53. The fourth-order valence-corrected chi connectivity index (χ4v) is 3.81. The number of pyridine rings is 1. The Kier molecular flexibility index (Phi) is 8.38. The summed E-state index contributed by atoms with van der Waals surface area (Å²) in [7, 11) is 2.01. The highest BCUT2D eigenvalue weighted by molar-refractivity contribution is 5.68. The van der Waals surface area contributed by atoms with Gasteiger partial charge < -0.3 is 14.7 Å². The number of rotatable bonds is 10. The number of hydrogen-bond donors (Lipinski definition) is 1. The van der Waals surface area contributed by atoms with Gasteiger partial charge in [-0.05, 0) is 80.6 Å². The fourth-order valence-electron chi connectivity index (χ4n) is 3.81. The lowest BCUT2D eigenvalue weighted by molar-refractivity contribution is -0.139. The van der Waals surface area contributed by atoms with Crippen molar-refractivity contribution in [2.75, 3.05) is 25.1 Å². The number of halogens is 3. The lowest BCUT2D eigenvalue weighted by Gasteiger charge is -2.20. The number of anilines is 1. The van der Waals surface area contributed by atoms with Crippen LogP contribution in [0.3, 0.4) is 0 Å². The van der Waals surface area contributed by atoms with Gasteiger partial charge in [-0.25, -0.2) is 4.79 Å². The Morgan fingerprint density at radius 1 is 1.03 bits per heavy atom. The van der Waals surface area contributed by atoms with Gasteiger partial charge in [0, 0.05) is 30.5 Å². The van der Waals surface area contributed by atoms with Crippen molar-refractivity contribution in [2.24, 2.45) is 0 Å². The first-order valence-corrected chi connectivity index (χ1v) is 11.3. The molecular weight excluding hydrogens is 457 g/mol. The van der Waals surface area contributed by atoms with E-state index in [0.29, 0.717) is 17.0 Å². The van der Waals surface area contributed by atoms with Crippen LogP contribution in [0.4, 0.5) is 18.9 Å². The minimum atomic E-state index is -4.35. The fraction of sp³-hybridized carbons (Fsp3) is 0.333. The van der Waals surface area contributed by atoms with Gasteiger partial charge in [-0.1, -0.05) is 18.2 Å². The van der Waals surface area contributed by atoms with Crippen LogP contribution in [0.25, 0.3) is 11.3 Å². The van der Waals surface area contributed by atoms with E-state index >= 15 is 0 Å². The van der Waals surface area contributed by atoms with Gasteiger partial charge in [0.05, 0.1) is 11.3 Å². The zero-order valence-electron chi connectivity index (χ0n) is 20.0. The first-order chi connectivity index (χ1) is 16.5. The molecule has 0 aliphatic heterocycles. The Morgan fingerprint density at radius 2 is 1.74 bits per heavy atom. The minimum absolute atomic E-state index is 0.365. The Morgan fingerprint density at radius 3 is 2.34 bits per heavy atom. The number of carbonyl (C=O) groups is 1. The Bertz CT molecular complexity index is 1160. The summed E-state index contributed by atoms with van der Waals surface area (Å²) in [5.41, 5.74) is 4.56. The summed E-state index contributed by atoms with van der Waals surface area (Å²) in [6.07, 6.45) is -1.56. The molecule has 0 aliphatic carbocycles. The molecule has 0 radical (unpaired) electrons. The topological polar surface area (TPSA) is 62.7 Å². The van der Waals surface area contributed by atoms with Crippen LogP contribution in [-0.2, 0) is 17.4 Å². The molecule has 0 amide bonds. The van der Waals surface area contributed by atoms with Crippen molar-refractivity contribution in [3.63, 3.8) is 0 Å². The number of benzene rings is 2. The molecule has 3 aromatic rings. The molecule has 1 aromatic heterocycles. The van der Waals surface area contributed by atoms with Crippen LogP contribution >= 0.6 is 0 Å². The van der Waals surface area contributed by atoms with Crippen LogP contribution in [0.1, 0.15) is 35.2 Å². The van der Waals surface area contributed by atoms with E-state index < -0.39 is 17.7 Å². The minimum Gasteiger partial charge on any atom is -0.482 e. The summed E-state index contributed by atoms with van der Waals surface area (Å²) in [5, 5.41) is 8.76. The molecule has 1 N–H and O–H groups in total.